The number of thiophene rings is 1. The number of amides is 2. The van der Waals surface area contributed by atoms with E-state index in [0.29, 0.717) is 21.3 Å². The molecule has 1 aromatic carbocycles. The molecule has 3 heterocycles. The molecule has 0 bridgehead atoms. The first-order valence-electron chi connectivity index (χ1n) is 9.17. The lowest BCUT2D eigenvalue weighted by molar-refractivity contribution is 0.0499. The number of halogens is 1. The Morgan fingerprint density at radius 2 is 1.93 bits per heavy atom. The maximum atomic E-state index is 12.4. The quantitative estimate of drug-likeness (QED) is 0.783. The molecular weight excluding hydrogens is 398 g/mol. The molecule has 2 N–H and O–H groups in total. The molecule has 1 atom stereocenters. The number of carbonyl (C=O) groups is 2. The molecule has 0 saturated carbocycles. The average Bonchev–Trinajstić information content (AvgIpc) is 3.47. The molecule has 28 heavy (non-hydrogen) atoms. The monoisotopic (exact) mass is 417 g/mol. The second kappa shape index (κ2) is 8.34. The fraction of sp³-hybridized carbons (Fsp3) is 0.300. The van der Waals surface area contributed by atoms with E-state index >= 15 is 0 Å². The number of carbonyl (C=O) groups excluding carboxylic acids is 2. The van der Waals surface area contributed by atoms with Gasteiger partial charge in [0.25, 0.3) is 11.8 Å². The highest BCUT2D eigenvalue weighted by molar-refractivity contribution is 7.17. The number of hydrogen-bond donors (Lipinski definition) is 2. The first kappa shape index (κ1) is 19.0. The fourth-order valence-corrected chi connectivity index (χ4v) is 4.22. The Balaban J connectivity index is 1.34. The van der Waals surface area contributed by atoms with Gasteiger partial charge in [-0.05, 0) is 48.7 Å². The summed E-state index contributed by atoms with van der Waals surface area (Å²) in [4.78, 5) is 32.5. The molecule has 1 aromatic heterocycles. The van der Waals surface area contributed by atoms with Crippen LogP contribution >= 0.6 is 22.9 Å². The first-order valence-corrected chi connectivity index (χ1v) is 10.4. The van der Waals surface area contributed by atoms with E-state index < -0.39 is 0 Å². The Morgan fingerprint density at radius 3 is 2.61 bits per heavy atom. The van der Waals surface area contributed by atoms with Crippen molar-refractivity contribution in [3.63, 3.8) is 0 Å². The normalized spacial score (nSPS) is 18.7. The molecule has 2 aromatic rings. The van der Waals surface area contributed by atoms with Crippen molar-refractivity contribution in [2.45, 2.75) is 18.9 Å². The number of nitrogens with one attached hydrogen (secondary N) is 2. The first-order chi connectivity index (χ1) is 13.6. The smallest absolute Gasteiger partial charge is 0.261 e. The lowest BCUT2D eigenvalue weighted by Crippen LogP contribution is -2.31. The van der Waals surface area contributed by atoms with Crippen LogP contribution in [0.5, 0.6) is 0 Å². The largest absolute Gasteiger partial charge is 0.348 e. The molecule has 6 nitrogen and oxygen atoms in total. The van der Waals surface area contributed by atoms with Gasteiger partial charge in [-0.25, -0.2) is 0 Å². The van der Waals surface area contributed by atoms with Gasteiger partial charge < -0.3 is 10.2 Å². The molecule has 2 aliphatic rings. The fourth-order valence-electron chi connectivity index (χ4n) is 3.26. The number of hydrogen-bond acceptors (Lipinski definition) is 5. The maximum Gasteiger partial charge on any atom is 0.261 e. The predicted molar refractivity (Wildman–Crippen MR) is 109 cm³/mol. The molecule has 8 heteroatoms. The summed E-state index contributed by atoms with van der Waals surface area (Å²) in [6.07, 6.45) is 3.80. The Kier molecular flexibility index (Phi) is 5.66. The summed E-state index contributed by atoms with van der Waals surface area (Å²) in [5.74, 6) is -0.0879. The number of hydroxylamine groups is 1. The van der Waals surface area contributed by atoms with Crippen LogP contribution in [-0.4, -0.2) is 42.5 Å². The number of nitrogens with zero attached hydrogens (tertiary/aromatic N) is 1. The van der Waals surface area contributed by atoms with Gasteiger partial charge in [0.1, 0.15) is 6.10 Å². The molecule has 4 rings (SSSR count). The van der Waals surface area contributed by atoms with Gasteiger partial charge >= 0.3 is 0 Å². The van der Waals surface area contributed by atoms with Gasteiger partial charge in [0.15, 0.2) is 0 Å². The van der Waals surface area contributed by atoms with E-state index in [1.54, 1.807) is 12.1 Å². The zero-order chi connectivity index (χ0) is 19.5. The van der Waals surface area contributed by atoms with Crippen LogP contribution in [0.3, 0.4) is 0 Å². The number of benzene rings is 1. The summed E-state index contributed by atoms with van der Waals surface area (Å²) < 4.78 is 0.581. The zero-order valence-electron chi connectivity index (χ0n) is 15.1. The second-order valence-electron chi connectivity index (χ2n) is 6.73. The van der Waals surface area contributed by atoms with Crippen LogP contribution in [0.2, 0.25) is 4.34 Å². The van der Waals surface area contributed by atoms with E-state index in [9.17, 15) is 9.59 Å². The van der Waals surface area contributed by atoms with Crippen molar-refractivity contribution in [2.24, 2.45) is 0 Å². The Hall–Kier alpha value is -2.35. The van der Waals surface area contributed by atoms with Crippen LogP contribution in [0.1, 0.15) is 38.4 Å². The predicted octanol–water partition coefficient (Wildman–Crippen LogP) is 3.31. The molecule has 2 amide bonds. The topological polar surface area (TPSA) is 70.7 Å². The van der Waals surface area contributed by atoms with Crippen molar-refractivity contribution < 1.29 is 14.4 Å². The summed E-state index contributed by atoms with van der Waals surface area (Å²) >= 11 is 7.10. The lowest BCUT2D eigenvalue weighted by atomic mass is 10.1. The molecule has 1 unspecified atom stereocenters. The minimum atomic E-state index is -0.278. The third-order valence-electron chi connectivity index (χ3n) is 4.77. The van der Waals surface area contributed by atoms with Crippen LogP contribution in [0.4, 0.5) is 0 Å². The summed E-state index contributed by atoms with van der Waals surface area (Å²) in [6, 6.07) is 10.9. The van der Waals surface area contributed by atoms with E-state index in [0.717, 1.165) is 37.2 Å². The van der Waals surface area contributed by atoms with Gasteiger partial charge in [0, 0.05) is 18.7 Å². The van der Waals surface area contributed by atoms with Crippen molar-refractivity contribution >= 4 is 40.4 Å². The van der Waals surface area contributed by atoms with E-state index in [-0.39, 0.29) is 17.9 Å². The van der Waals surface area contributed by atoms with Gasteiger partial charge in [-0.3, -0.25) is 19.9 Å². The number of rotatable bonds is 5. The summed E-state index contributed by atoms with van der Waals surface area (Å²) in [5.41, 5.74) is 5.33. The summed E-state index contributed by atoms with van der Waals surface area (Å²) in [7, 11) is 0. The van der Waals surface area contributed by atoms with Crippen LogP contribution in [-0.2, 0) is 4.84 Å². The Morgan fingerprint density at radius 1 is 1.18 bits per heavy atom. The van der Waals surface area contributed by atoms with Crippen molar-refractivity contribution in [2.75, 3.05) is 19.6 Å². The van der Waals surface area contributed by atoms with Crippen LogP contribution in [0, 0.1) is 0 Å². The van der Waals surface area contributed by atoms with Crippen molar-refractivity contribution in [1.29, 1.82) is 0 Å². The van der Waals surface area contributed by atoms with E-state index in [4.69, 9.17) is 16.4 Å². The van der Waals surface area contributed by atoms with E-state index in [1.807, 2.05) is 35.2 Å². The van der Waals surface area contributed by atoms with Gasteiger partial charge in [0.05, 0.1) is 21.5 Å². The maximum absolute atomic E-state index is 12.4. The Bertz CT molecular complexity index is 904. The SMILES string of the molecule is O=C(NCC1C=C(c2ccc(C(=O)N3CCCC3)cc2)NO1)c1ccc(Cl)s1. The lowest BCUT2D eigenvalue weighted by Gasteiger charge is -2.15. The highest BCUT2D eigenvalue weighted by Crippen LogP contribution is 2.22. The third kappa shape index (κ3) is 4.22. The molecule has 1 saturated heterocycles. The van der Waals surface area contributed by atoms with Crippen molar-refractivity contribution in [1.82, 2.24) is 15.7 Å². The molecule has 146 valence electrons. The minimum Gasteiger partial charge on any atom is -0.348 e. The summed E-state index contributed by atoms with van der Waals surface area (Å²) in [6.45, 7) is 2.02. The molecule has 1 fully saturated rings. The van der Waals surface area contributed by atoms with Crippen LogP contribution in [0.25, 0.3) is 5.70 Å². The second-order valence-corrected chi connectivity index (χ2v) is 8.44. The van der Waals surface area contributed by atoms with E-state index in [1.165, 1.54) is 11.3 Å². The van der Waals surface area contributed by atoms with Crippen molar-refractivity contribution in [3.05, 3.63) is 62.8 Å². The molecule has 2 aliphatic heterocycles. The zero-order valence-corrected chi connectivity index (χ0v) is 16.7. The molecule has 0 radical (unpaired) electrons. The molecule has 0 spiro atoms. The van der Waals surface area contributed by atoms with Gasteiger partial charge in [-0.2, -0.15) is 0 Å². The van der Waals surface area contributed by atoms with E-state index in [2.05, 4.69) is 10.8 Å². The summed E-state index contributed by atoms with van der Waals surface area (Å²) in [5, 5.41) is 2.83. The molecule has 0 aliphatic carbocycles. The van der Waals surface area contributed by atoms with Gasteiger partial charge in [-0.15, -0.1) is 11.3 Å². The third-order valence-corrected chi connectivity index (χ3v) is 6.00. The van der Waals surface area contributed by atoms with Gasteiger partial charge in [0.2, 0.25) is 0 Å². The van der Waals surface area contributed by atoms with Crippen molar-refractivity contribution in [3.8, 4) is 0 Å². The highest BCUT2D eigenvalue weighted by atomic mass is 35.5. The van der Waals surface area contributed by atoms with Crippen LogP contribution in [0.15, 0.2) is 42.5 Å². The molecular formula is C20H20ClN3O3S. The number of likely N-dealkylation sites (tertiary alicyclic amines) is 1. The minimum absolute atomic E-state index is 0.0860. The standard InChI is InChI=1S/C20H20ClN3O3S/c21-18-8-7-17(28-18)19(25)22-12-15-11-16(23-27-15)13-3-5-14(6-4-13)20(26)24-9-1-2-10-24/h3-8,11,15,23H,1-2,9-10,12H2,(H,22,25). The highest BCUT2D eigenvalue weighted by Gasteiger charge is 2.21. The van der Waals surface area contributed by atoms with Gasteiger partial charge in [-0.1, -0.05) is 23.7 Å². The van der Waals surface area contributed by atoms with Crippen LogP contribution < -0.4 is 10.8 Å². The average molecular weight is 418 g/mol. The Labute approximate surface area is 172 Å².